The standard InChI is InChI=1S/C30H25BBrNO9/c1-41-15-9-21(34)27(23(10-15)42-2)26-16-6-7-17-24(18(16)11-19-25(26)22(35)12-20(32)28(19)36)30(38)33(29(17)37)14-5-3-4-13(8-14)31(39)40/h3-6,8-10,12,17-18,24,26,34,39-40H,7,11H2,1-2H3. The number of aromatic hydroxyl groups is 1. The maximum absolute atomic E-state index is 14.0. The first-order valence-electron chi connectivity index (χ1n) is 13.2. The van der Waals surface area contributed by atoms with Gasteiger partial charge in [-0.25, -0.2) is 0 Å². The molecule has 2 aromatic carbocycles. The summed E-state index contributed by atoms with van der Waals surface area (Å²) in [6.07, 6.45) is 3.28. The molecule has 12 heteroatoms. The quantitative estimate of drug-likeness (QED) is 0.195. The molecule has 2 amide bonds. The molecule has 0 spiro atoms. The molecule has 42 heavy (non-hydrogen) atoms. The highest BCUT2D eigenvalue weighted by molar-refractivity contribution is 9.12. The second-order valence-electron chi connectivity index (χ2n) is 10.6. The van der Waals surface area contributed by atoms with Gasteiger partial charge in [0.1, 0.15) is 17.2 Å². The van der Waals surface area contributed by atoms with Crippen molar-refractivity contribution in [3.05, 3.63) is 75.3 Å². The molecule has 4 unspecified atom stereocenters. The molecule has 1 saturated heterocycles. The van der Waals surface area contributed by atoms with Crippen molar-refractivity contribution in [2.45, 2.75) is 18.8 Å². The van der Waals surface area contributed by atoms with E-state index in [0.717, 1.165) is 4.90 Å². The molecule has 6 rings (SSSR count). The Kier molecular flexibility index (Phi) is 6.95. The lowest BCUT2D eigenvalue weighted by Crippen LogP contribution is -2.40. The van der Waals surface area contributed by atoms with Gasteiger partial charge in [0.2, 0.25) is 11.8 Å². The van der Waals surface area contributed by atoms with E-state index in [0.29, 0.717) is 11.3 Å². The topological polar surface area (TPSA) is 151 Å². The van der Waals surface area contributed by atoms with Gasteiger partial charge in [-0.2, -0.15) is 0 Å². The fourth-order valence-electron chi connectivity index (χ4n) is 6.78. The average molecular weight is 634 g/mol. The number of carbonyl (C=O) groups excluding carboxylic acids is 4. The lowest BCUT2D eigenvalue weighted by atomic mass is 9.59. The molecule has 2 aromatic rings. The van der Waals surface area contributed by atoms with Crippen LogP contribution in [0.4, 0.5) is 5.69 Å². The maximum atomic E-state index is 14.0. The number of rotatable bonds is 5. The highest BCUT2D eigenvalue weighted by Crippen LogP contribution is 2.58. The van der Waals surface area contributed by atoms with E-state index in [1.165, 1.54) is 44.6 Å². The largest absolute Gasteiger partial charge is 0.507 e. The number of anilines is 1. The fourth-order valence-corrected chi connectivity index (χ4v) is 7.23. The summed E-state index contributed by atoms with van der Waals surface area (Å²) in [5.74, 6) is -4.51. The van der Waals surface area contributed by atoms with Crippen molar-refractivity contribution < 1.29 is 43.8 Å². The molecule has 0 bridgehead atoms. The number of methoxy groups -OCH3 is 2. The number of amides is 2. The third kappa shape index (κ3) is 4.16. The Morgan fingerprint density at radius 3 is 2.45 bits per heavy atom. The van der Waals surface area contributed by atoms with Crippen LogP contribution in [0.5, 0.6) is 17.2 Å². The van der Waals surface area contributed by atoms with Crippen LogP contribution in [0.3, 0.4) is 0 Å². The Bertz CT molecular complexity index is 1680. The number of phenolic OH excluding ortho intramolecular Hbond substituents is 1. The van der Waals surface area contributed by atoms with E-state index in [2.05, 4.69) is 15.9 Å². The third-order valence-corrected chi connectivity index (χ3v) is 9.18. The molecular weight excluding hydrogens is 609 g/mol. The number of ketones is 2. The van der Waals surface area contributed by atoms with Crippen LogP contribution < -0.4 is 19.8 Å². The van der Waals surface area contributed by atoms with Crippen molar-refractivity contribution in [1.82, 2.24) is 0 Å². The smallest absolute Gasteiger partial charge is 0.488 e. The van der Waals surface area contributed by atoms with Crippen molar-refractivity contribution in [2.75, 3.05) is 19.1 Å². The summed E-state index contributed by atoms with van der Waals surface area (Å²) < 4.78 is 11.0. The fraction of sp³-hybridized carbons (Fsp3) is 0.267. The number of carbonyl (C=O) groups is 4. The van der Waals surface area contributed by atoms with Crippen molar-refractivity contribution >= 4 is 57.6 Å². The van der Waals surface area contributed by atoms with Crippen molar-refractivity contribution in [2.24, 2.45) is 17.8 Å². The predicted octanol–water partition coefficient (Wildman–Crippen LogP) is 2.06. The highest BCUT2D eigenvalue weighted by Gasteiger charge is 2.57. The Balaban J connectivity index is 1.51. The normalized spacial score (nSPS) is 25.0. The molecule has 1 heterocycles. The van der Waals surface area contributed by atoms with Gasteiger partial charge in [-0.15, -0.1) is 0 Å². The monoisotopic (exact) mass is 633 g/mol. The van der Waals surface area contributed by atoms with E-state index in [-0.39, 0.29) is 56.7 Å². The number of imide groups is 1. The first-order chi connectivity index (χ1) is 20.1. The van der Waals surface area contributed by atoms with Gasteiger partial charge in [0.15, 0.2) is 11.6 Å². The molecule has 1 fully saturated rings. The SMILES string of the molecule is COc1cc(O)c(C2C3=CCC4C(=O)N(c5cccc(B(O)O)c5)C(=O)C4C3CC3=C2C(=O)C=C(Br)C3=O)c(OC)c1. The summed E-state index contributed by atoms with van der Waals surface area (Å²) in [6.45, 7) is 0. The van der Waals surface area contributed by atoms with Crippen LogP contribution in [0, 0.1) is 17.8 Å². The first kappa shape index (κ1) is 28.1. The Hall–Kier alpha value is -4.00. The van der Waals surface area contributed by atoms with Crippen LogP contribution in [0.15, 0.2) is 69.8 Å². The third-order valence-electron chi connectivity index (χ3n) is 8.60. The molecule has 0 radical (unpaired) electrons. The zero-order chi connectivity index (χ0) is 30.0. The number of phenols is 1. The van der Waals surface area contributed by atoms with Gasteiger partial charge in [0, 0.05) is 40.8 Å². The minimum atomic E-state index is -1.79. The van der Waals surface area contributed by atoms with Crippen LogP contribution in [-0.4, -0.2) is 59.9 Å². The molecule has 3 aliphatic carbocycles. The summed E-state index contributed by atoms with van der Waals surface area (Å²) in [5, 5.41) is 30.5. The summed E-state index contributed by atoms with van der Waals surface area (Å²) in [6, 6.07) is 8.88. The van der Waals surface area contributed by atoms with Gasteiger partial charge in [-0.05, 0) is 52.3 Å². The van der Waals surface area contributed by atoms with Crippen LogP contribution in [0.25, 0.3) is 0 Å². The maximum Gasteiger partial charge on any atom is 0.488 e. The summed E-state index contributed by atoms with van der Waals surface area (Å²) in [4.78, 5) is 55.7. The van der Waals surface area contributed by atoms with E-state index in [9.17, 15) is 34.3 Å². The molecule has 3 N–H and O–H groups in total. The van der Waals surface area contributed by atoms with Gasteiger partial charge in [-0.1, -0.05) is 23.8 Å². The number of nitrogens with zero attached hydrogens (tertiary/aromatic N) is 1. The second-order valence-corrected chi connectivity index (χ2v) is 11.5. The predicted molar refractivity (Wildman–Crippen MR) is 155 cm³/mol. The molecule has 0 saturated carbocycles. The zero-order valence-corrected chi connectivity index (χ0v) is 24.1. The van der Waals surface area contributed by atoms with E-state index >= 15 is 0 Å². The summed E-state index contributed by atoms with van der Waals surface area (Å²) in [7, 11) is 1.06. The van der Waals surface area contributed by atoms with Gasteiger partial charge in [0.25, 0.3) is 0 Å². The Morgan fingerprint density at radius 1 is 1.00 bits per heavy atom. The number of halogens is 1. The van der Waals surface area contributed by atoms with Gasteiger partial charge in [0.05, 0.1) is 36.2 Å². The van der Waals surface area contributed by atoms with Gasteiger partial charge < -0.3 is 24.6 Å². The zero-order valence-electron chi connectivity index (χ0n) is 22.5. The van der Waals surface area contributed by atoms with E-state index in [4.69, 9.17) is 9.47 Å². The molecule has 4 atom stereocenters. The van der Waals surface area contributed by atoms with Crippen LogP contribution in [0.2, 0.25) is 0 Å². The minimum absolute atomic E-state index is 0.0494. The number of benzene rings is 2. The van der Waals surface area contributed by atoms with Crippen molar-refractivity contribution in [3.8, 4) is 17.2 Å². The van der Waals surface area contributed by atoms with Crippen molar-refractivity contribution in [1.29, 1.82) is 0 Å². The van der Waals surface area contributed by atoms with E-state index < -0.39 is 54.2 Å². The lowest BCUT2D eigenvalue weighted by molar-refractivity contribution is -0.123. The molecule has 214 valence electrons. The van der Waals surface area contributed by atoms with Gasteiger partial charge >= 0.3 is 7.12 Å². The summed E-state index contributed by atoms with van der Waals surface area (Å²) in [5.41, 5.74) is 1.64. The Morgan fingerprint density at radius 2 is 1.76 bits per heavy atom. The Labute approximate surface area is 249 Å². The number of Topliss-reactive ketones (excluding diaryl/α,β-unsaturated/α-hetero) is 1. The van der Waals surface area contributed by atoms with Crippen LogP contribution in [-0.2, 0) is 19.2 Å². The molecule has 0 aromatic heterocycles. The van der Waals surface area contributed by atoms with Crippen LogP contribution in [0.1, 0.15) is 24.3 Å². The first-order valence-corrected chi connectivity index (χ1v) is 14.0. The lowest BCUT2D eigenvalue weighted by Gasteiger charge is -2.42. The van der Waals surface area contributed by atoms with Crippen LogP contribution >= 0.6 is 15.9 Å². The number of hydrogen-bond donors (Lipinski definition) is 3. The highest BCUT2D eigenvalue weighted by atomic mass is 79.9. The molecule has 1 aliphatic heterocycles. The summed E-state index contributed by atoms with van der Waals surface area (Å²) >= 11 is 3.20. The minimum Gasteiger partial charge on any atom is -0.507 e. The molecule has 10 nitrogen and oxygen atoms in total. The number of fused-ring (bicyclic) bond motifs is 3. The second kappa shape index (κ2) is 10.4. The van der Waals surface area contributed by atoms with E-state index in [1.54, 1.807) is 12.1 Å². The number of allylic oxidation sites excluding steroid dienone is 6. The van der Waals surface area contributed by atoms with Crippen molar-refractivity contribution in [3.63, 3.8) is 0 Å². The van der Waals surface area contributed by atoms with Gasteiger partial charge in [-0.3, -0.25) is 24.1 Å². The molecular formula is C30H25BBrNO9. The number of hydrogen-bond acceptors (Lipinski definition) is 9. The molecule has 4 aliphatic rings. The number of ether oxygens (including phenoxy) is 2. The average Bonchev–Trinajstić information content (AvgIpc) is 3.24. The van der Waals surface area contributed by atoms with E-state index in [1.807, 2.05) is 6.08 Å².